The lowest BCUT2D eigenvalue weighted by molar-refractivity contribution is 0.0994. The number of hydrogen-bond donors (Lipinski definition) is 1. The number of rotatable bonds is 3. The van der Waals surface area contributed by atoms with Crippen LogP contribution in [0.3, 0.4) is 0 Å². The first kappa shape index (κ1) is 9.71. The number of aromatic nitrogens is 2. The van der Waals surface area contributed by atoms with E-state index in [1.54, 1.807) is 0 Å². The predicted molar refractivity (Wildman–Crippen MR) is 57.1 cm³/mol. The van der Waals surface area contributed by atoms with E-state index in [1.165, 1.54) is 5.56 Å². The maximum Gasteiger partial charge on any atom is 0.0521 e. The zero-order chi connectivity index (χ0) is 10.2. The molecule has 3 nitrogen and oxygen atoms in total. The van der Waals surface area contributed by atoms with Gasteiger partial charge in [0.1, 0.15) is 0 Å². The standard InChI is InChI=1S/C11H19N3/c1-9(2)11(7-12-8-11)4-10-5-13-14(3)6-10/h5-6,9,12H,4,7-8H2,1-3H3. The zero-order valence-corrected chi connectivity index (χ0v) is 9.25. The van der Waals surface area contributed by atoms with Gasteiger partial charge in [0.2, 0.25) is 0 Å². The molecule has 0 radical (unpaired) electrons. The third-order valence-electron chi connectivity index (χ3n) is 3.49. The van der Waals surface area contributed by atoms with E-state index in [4.69, 9.17) is 0 Å². The summed E-state index contributed by atoms with van der Waals surface area (Å²) in [5.74, 6) is 0.740. The Balaban J connectivity index is 2.08. The molecule has 14 heavy (non-hydrogen) atoms. The average molecular weight is 193 g/mol. The summed E-state index contributed by atoms with van der Waals surface area (Å²) in [5, 5.41) is 7.60. The van der Waals surface area contributed by atoms with Crippen LogP contribution in [0, 0.1) is 11.3 Å². The van der Waals surface area contributed by atoms with Gasteiger partial charge in [0.25, 0.3) is 0 Å². The van der Waals surface area contributed by atoms with Gasteiger partial charge in [0, 0.05) is 31.7 Å². The van der Waals surface area contributed by atoms with Crippen LogP contribution in [0.4, 0.5) is 0 Å². The molecule has 0 unspecified atom stereocenters. The highest BCUT2D eigenvalue weighted by atomic mass is 15.2. The Hall–Kier alpha value is -0.830. The molecule has 1 aliphatic rings. The van der Waals surface area contributed by atoms with Gasteiger partial charge in [-0.25, -0.2) is 0 Å². The van der Waals surface area contributed by atoms with Gasteiger partial charge in [0.15, 0.2) is 0 Å². The van der Waals surface area contributed by atoms with Crippen LogP contribution in [0.15, 0.2) is 12.4 Å². The monoisotopic (exact) mass is 193 g/mol. The molecule has 1 saturated heterocycles. The van der Waals surface area contributed by atoms with Crippen LogP contribution in [-0.4, -0.2) is 22.9 Å². The smallest absolute Gasteiger partial charge is 0.0521 e. The van der Waals surface area contributed by atoms with Crippen molar-refractivity contribution in [3.05, 3.63) is 18.0 Å². The van der Waals surface area contributed by atoms with E-state index in [-0.39, 0.29) is 0 Å². The fourth-order valence-electron chi connectivity index (χ4n) is 2.15. The van der Waals surface area contributed by atoms with E-state index in [2.05, 4.69) is 30.5 Å². The maximum absolute atomic E-state index is 4.21. The topological polar surface area (TPSA) is 29.9 Å². The van der Waals surface area contributed by atoms with Gasteiger partial charge in [-0.15, -0.1) is 0 Å². The van der Waals surface area contributed by atoms with Gasteiger partial charge in [0.05, 0.1) is 6.20 Å². The molecule has 1 fully saturated rings. The minimum Gasteiger partial charge on any atom is -0.315 e. The van der Waals surface area contributed by atoms with E-state index >= 15 is 0 Å². The highest BCUT2D eigenvalue weighted by molar-refractivity contribution is 5.11. The van der Waals surface area contributed by atoms with Gasteiger partial charge < -0.3 is 5.32 Å². The van der Waals surface area contributed by atoms with Gasteiger partial charge in [-0.2, -0.15) is 5.10 Å². The third-order valence-corrected chi connectivity index (χ3v) is 3.49. The molecule has 0 aliphatic carbocycles. The highest BCUT2D eigenvalue weighted by Crippen LogP contribution is 2.35. The van der Waals surface area contributed by atoms with Crippen molar-refractivity contribution in [2.24, 2.45) is 18.4 Å². The largest absolute Gasteiger partial charge is 0.315 e. The lowest BCUT2D eigenvalue weighted by Crippen LogP contribution is -2.57. The van der Waals surface area contributed by atoms with Crippen molar-refractivity contribution in [3.8, 4) is 0 Å². The molecule has 2 rings (SSSR count). The number of hydrogen-bond acceptors (Lipinski definition) is 2. The summed E-state index contributed by atoms with van der Waals surface area (Å²) in [7, 11) is 1.98. The lowest BCUT2D eigenvalue weighted by atomic mass is 9.69. The molecule has 0 bridgehead atoms. The fourth-order valence-corrected chi connectivity index (χ4v) is 2.15. The van der Waals surface area contributed by atoms with Crippen LogP contribution in [0.25, 0.3) is 0 Å². The first-order valence-corrected chi connectivity index (χ1v) is 5.31. The Morgan fingerprint density at radius 1 is 1.57 bits per heavy atom. The van der Waals surface area contributed by atoms with Crippen LogP contribution in [0.5, 0.6) is 0 Å². The lowest BCUT2D eigenvalue weighted by Gasteiger charge is -2.46. The van der Waals surface area contributed by atoms with Crippen molar-refractivity contribution in [1.82, 2.24) is 15.1 Å². The van der Waals surface area contributed by atoms with Gasteiger partial charge in [-0.05, 0) is 17.9 Å². The second-order valence-electron chi connectivity index (χ2n) is 4.82. The van der Waals surface area contributed by atoms with Crippen LogP contribution in [0.1, 0.15) is 19.4 Å². The minimum absolute atomic E-state index is 0.475. The van der Waals surface area contributed by atoms with Crippen molar-refractivity contribution in [3.63, 3.8) is 0 Å². The van der Waals surface area contributed by atoms with E-state index in [0.29, 0.717) is 5.41 Å². The predicted octanol–water partition coefficient (Wildman–Crippen LogP) is 1.21. The molecule has 1 N–H and O–H groups in total. The minimum atomic E-state index is 0.475. The van der Waals surface area contributed by atoms with Gasteiger partial charge in [-0.1, -0.05) is 13.8 Å². The summed E-state index contributed by atoms with van der Waals surface area (Å²) in [6, 6.07) is 0. The highest BCUT2D eigenvalue weighted by Gasteiger charge is 2.39. The molecule has 0 amide bonds. The van der Waals surface area contributed by atoms with E-state index in [1.807, 2.05) is 17.9 Å². The number of aryl methyl sites for hydroxylation is 1. The summed E-state index contributed by atoms with van der Waals surface area (Å²) in [4.78, 5) is 0. The van der Waals surface area contributed by atoms with E-state index < -0.39 is 0 Å². The van der Waals surface area contributed by atoms with Crippen LogP contribution in [-0.2, 0) is 13.5 Å². The van der Waals surface area contributed by atoms with E-state index in [9.17, 15) is 0 Å². The van der Waals surface area contributed by atoms with Crippen molar-refractivity contribution in [1.29, 1.82) is 0 Å². The van der Waals surface area contributed by atoms with Crippen molar-refractivity contribution in [2.75, 3.05) is 13.1 Å². The molecular weight excluding hydrogens is 174 g/mol. The zero-order valence-electron chi connectivity index (χ0n) is 9.25. The molecule has 0 aromatic carbocycles. The second-order valence-corrected chi connectivity index (χ2v) is 4.82. The first-order valence-electron chi connectivity index (χ1n) is 5.31. The van der Waals surface area contributed by atoms with Gasteiger partial charge in [-0.3, -0.25) is 4.68 Å². The SMILES string of the molecule is CC(C)C1(Cc2cnn(C)c2)CNC1. The van der Waals surface area contributed by atoms with Crippen LogP contribution >= 0.6 is 0 Å². The Kier molecular flexibility index (Phi) is 2.35. The normalized spacial score (nSPS) is 19.7. The van der Waals surface area contributed by atoms with Crippen LogP contribution < -0.4 is 5.32 Å². The van der Waals surface area contributed by atoms with Crippen molar-refractivity contribution < 1.29 is 0 Å². The molecule has 3 heteroatoms. The Morgan fingerprint density at radius 3 is 2.64 bits per heavy atom. The van der Waals surface area contributed by atoms with Crippen molar-refractivity contribution in [2.45, 2.75) is 20.3 Å². The summed E-state index contributed by atoms with van der Waals surface area (Å²) < 4.78 is 1.88. The fraction of sp³-hybridized carbons (Fsp3) is 0.727. The van der Waals surface area contributed by atoms with Crippen molar-refractivity contribution >= 4 is 0 Å². The van der Waals surface area contributed by atoms with Crippen LogP contribution in [0.2, 0.25) is 0 Å². The van der Waals surface area contributed by atoms with Gasteiger partial charge >= 0.3 is 0 Å². The van der Waals surface area contributed by atoms with E-state index in [0.717, 1.165) is 25.4 Å². The summed E-state index contributed by atoms with van der Waals surface area (Å²) in [6.07, 6.45) is 5.27. The summed E-state index contributed by atoms with van der Waals surface area (Å²) >= 11 is 0. The molecule has 1 aliphatic heterocycles. The summed E-state index contributed by atoms with van der Waals surface area (Å²) in [6.45, 7) is 6.94. The molecular formula is C11H19N3. The Labute approximate surface area is 85.5 Å². The molecule has 0 spiro atoms. The Morgan fingerprint density at radius 2 is 2.29 bits per heavy atom. The summed E-state index contributed by atoms with van der Waals surface area (Å²) in [5.41, 5.74) is 1.84. The molecule has 1 aromatic rings. The Bertz CT molecular complexity index is 310. The third kappa shape index (κ3) is 1.57. The number of nitrogens with one attached hydrogen (secondary N) is 1. The molecule has 1 aromatic heterocycles. The molecule has 0 saturated carbocycles. The molecule has 2 heterocycles. The maximum atomic E-state index is 4.21. The quantitative estimate of drug-likeness (QED) is 0.782. The molecule has 78 valence electrons. The number of nitrogens with zero attached hydrogens (tertiary/aromatic N) is 2. The second kappa shape index (κ2) is 3.39. The first-order chi connectivity index (χ1) is 6.62. The average Bonchev–Trinajstić information content (AvgIpc) is 2.43. The molecule has 0 atom stereocenters.